The molecule has 0 aromatic carbocycles. The molecule has 80 valence electrons. The minimum atomic E-state index is 0.0694. The number of nitrogens with one attached hydrogen (secondary N) is 1. The summed E-state index contributed by atoms with van der Waals surface area (Å²) >= 11 is 0. The van der Waals surface area contributed by atoms with Crippen molar-refractivity contribution in [1.29, 1.82) is 0 Å². The lowest BCUT2D eigenvalue weighted by Gasteiger charge is -2.36. The molecule has 1 heterocycles. The molecule has 2 aliphatic carbocycles. The molecule has 1 saturated carbocycles. The number of hydrogen-bond acceptors (Lipinski definition) is 1. The van der Waals surface area contributed by atoms with Crippen molar-refractivity contribution >= 4 is 0 Å². The molecule has 1 aromatic heterocycles. The third kappa shape index (κ3) is 1.52. The van der Waals surface area contributed by atoms with Crippen molar-refractivity contribution in [3.05, 3.63) is 33.7 Å². The van der Waals surface area contributed by atoms with Gasteiger partial charge < -0.3 is 4.98 Å². The van der Waals surface area contributed by atoms with Crippen LogP contribution in [0.1, 0.15) is 49.3 Å². The number of aryl methyl sites for hydroxylation is 1. The summed E-state index contributed by atoms with van der Waals surface area (Å²) in [5, 5.41) is 0. The van der Waals surface area contributed by atoms with Crippen LogP contribution < -0.4 is 5.56 Å². The van der Waals surface area contributed by atoms with Crippen molar-refractivity contribution in [1.82, 2.24) is 4.98 Å². The van der Waals surface area contributed by atoms with E-state index >= 15 is 0 Å². The molecule has 0 unspecified atom stereocenters. The van der Waals surface area contributed by atoms with Crippen molar-refractivity contribution in [2.45, 2.75) is 44.4 Å². The van der Waals surface area contributed by atoms with Crippen molar-refractivity contribution in [2.75, 3.05) is 0 Å². The normalized spacial score (nSPS) is 29.3. The molecule has 2 nitrogen and oxygen atoms in total. The number of hydrogen-bond donors (Lipinski definition) is 1. The van der Waals surface area contributed by atoms with E-state index in [0.29, 0.717) is 5.92 Å². The van der Waals surface area contributed by atoms with Crippen LogP contribution in [-0.4, -0.2) is 4.98 Å². The monoisotopic (exact) mass is 203 g/mol. The summed E-state index contributed by atoms with van der Waals surface area (Å²) < 4.78 is 0. The maximum Gasteiger partial charge on any atom is 0.248 e. The number of H-pyrrole nitrogens is 1. The molecule has 0 spiro atoms. The fourth-order valence-electron chi connectivity index (χ4n) is 3.34. The van der Waals surface area contributed by atoms with Crippen LogP contribution >= 0.6 is 0 Å². The van der Waals surface area contributed by atoms with E-state index in [4.69, 9.17) is 0 Å². The number of pyridine rings is 1. The number of fused-ring (bicyclic) bond motifs is 3. The van der Waals surface area contributed by atoms with Crippen LogP contribution in [0, 0.1) is 5.92 Å². The molecule has 2 heteroatoms. The van der Waals surface area contributed by atoms with Gasteiger partial charge in [-0.2, -0.15) is 0 Å². The zero-order chi connectivity index (χ0) is 10.3. The van der Waals surface area contributed by atoms with E-state index in [-0.39, 0.29) is 5.56 Å². The van der Waals surface area contributed by atoms with Gasteiger partial charge in [-0.3, -0.25) is 4.79 Å². The van der Waals surface area contributed by atoms with Crippen LogP contribution in [-0.2, 0) is 6.42 Å². The van der Waals surface area contributed by atoms with E-state index in [0.717, 1.165) is 12.3 Å². The summed E-state index contributed by atoms with van der Waals surface area (Å²) in [5.41, 5.74) is 2.72. The fraction of sp³-hybridized carbons (Fsp3) is 0.615. The average Bonchev–Trinajstić information content (AvgIpc) is 2.29. The summed E-state index contributed by atoms with van der Waals surface area (Å²) in [6.07, 6.45) is 7.83. The van der Waals surface area contributed by atoms with Gasteiger partial charge in [-0.25, -0.2) is 0 Å². The van der Waals surface area contributed by atoms with Gasteiger partial charge in [0.1, 0.15) is 0 Å². The number of aromatic amines is 1. The number of rotatable bonds is 0. The van der Waals surface area contributed by atoms with E-state index in [2.05, 4.69) is 4.98 Å². The van der Waals surface area contributed by atoms with Crippen LogP contribution in [0.2, 0.25) is 0 Å². The van der Waals surface area contributed by atoms with Gasteiger partial charge in [0.05, 0.1) is 0 Å². The third-order valence-corrected chi connectivity index (χ3v) is 4.10. The van der Waals surface area contributed by atoms with Gasteiger partial charge >= 0.3 is 0 Å². The molecule has 0 aliphatic heterocycles. The van der Waals surface area contributed by atoms with Gasteiger partial charge in [-0.1, -0.05) is 18.9 Å². The van der Waals surface area contributed by atoms with Crippen LogP contribution in [0.25, 0.3) is 0 Å². The standard InChI is InChI=1S/C13H17NO/c15-12-8-7-10-6-5-9-3-1-2-4-11(9)13(10)14-12/h7-9,11H,1-6H2,(H,14,15)/t9-,11+/m1/s1. The Hall–Kier alpha value is -1.05. The van der Waals surface area contributed by atoms with Crippen LogP contribution in [0.5, 0.6) is 0 Å². The van der Waals surface area contributed by atoms with E-state index in [9.17, 15) is 4.79 Å². The first-order chi connectivity index (χ1) is 7.34. The van der Waals surface area contributed by atoms with E-state index in [1.54, 1.807) is 6.07 Å². The maximum atomic E-state index is 11.4. The zero-order valence-electron chi connectivity index (χ0n) is 8.96. The molecule has 0 amide bonds. The van der Waals surface area contributed by atoms with E-state index < -0.39 is 0 Å². The Morgan fingerprint density at radius 1 is 1.13 bits per heavy atom. The summed E-state index contributed by atoms with van der Waals surface area (Å²) in [6.45, 7) is 0. The Bertz CT molecular complexity index is 421. The lowest BCUT2D eigenvalue weighted by Crippen LogP contribution is -2.27. The molecule has 0 radical (unpaired) electrons. The first kappa shape index (κ1) is 9.20. The van der Waals surface area contributed by atoms with Crippen LogP contribution in [0.15, 0.2) is 16.9 Å². The van der Waals surface area contributed by atoms with Crippen molar-refractivity contribution in [3.8, 4) is 0 Å². The minimum absolute atomic E-state index is 0.0694. The van der Waals surface area contributed by atoms with Gasteiger partial charge in [0, 0.05) is 17.7 Å². The zero-order valence-corrected chi connectivity index (χ0v) is 8.96. The second-order valence-electron chi connectivity index (χ2n) is 4.95. The molecule has 1 aromatic rings. The van der Waals surface area contributed by atoms with Gasteiger partial charge in [0.2, 0.25) is 5.56 Å². The summed E-state index contributed by atoms with van der Waals surface area (Å²) in [6, 6.07) is 3.70. The lowest BCUT2D eigenvalue weighted by molar-refractivity contribution is 0.270. The summed E-state index contributed by atoms with van der Waals surface area (Å²) in [4.78, 5) is 14.4. The van der Waals surface area contributed by atoms with Crippen molar-refractivity contribution in [2.24, 2.45) is 5.92 Å². The third-order valence-electron chi connectivity index (χ3n) is 4.10. The van der Waals surface area contributed by atoms with E-state index in [1.165, 1.54) is 43.4 Å². The molecule has 3 rings (SSSR count). The molecule has 15 heavy (non-hydrogen) atoms. The molecule has 0 bridgehead atoms. The van der Waals surface area contributed by atoms with Gasteiger partial charge in [0.15, 0.2) is 0 Å². The predicted molar refractivity (Wildman–Crippen MR) is 60.1 cm³/mol. The molecule has 0 saturated heterocycles. The Labute approximate surface area is 89.7 Å². The summed E-state index contributed by atoms with van der Waals surface area (Å²) in [5.74, 6) is 1.49. The Morgan fingerprint density at radius 3 is 2.93 bits per heavy atom. The summed E-state index contributed by atoms with van der Waals surface area (Å²) in [7, 11) is 0. The second-order valence-corrected chi connectivity index (χ2v) is 4.95. The highest BCUT2D eigenvalue weighted by atomic mass is 16.1. The SMILES string of the molecule is O=c1ccc2c([nH]1)[C@H]1CCCC[C@@H]1CC2. The van der Waals surface area contributed by atoms with Crippen molar-refractivity contribution < 1.29 is 0 Å². The first-order valence-corrected chi connectivity index (χ1v) is 6.07. The highest BCUT2D eigenvalue weighted by molar-refractivity contribution is 5.27. The van der Waals surface area contributed by atoms with Gasteiger partial charge in [-0.15, -0.1) is 0 Å². The molecule has 2 atom stereocenters. The smallest absolute Gasteiger partial charge is 0.248 e. The fourth-order valence-corrected chi connectivity index (χ4v) is 3.34. The lowest BCUT2D eigenvalue weighted by atomic mass is 9.70. The topological polar surface area (TPSA) is 32.9 Å². The predicted octanol–water partition coefficient (Wildman–Crippen LogP) is 2.59. The molecular weight excluding hydrogens is 186 g/mol. The largest absolute Gasteiger partial charge is 0.326 e. The van der Waals surface area contributed by atoms with Crippen LogP contribution in [0.3, 0.4) is 0 Å². The molecule has 2 aliphatic rings. The molecule has 1 N–H and O–H groups in total. The van der Waals surface area contributed by atoms with Gasteiger partial charge in [0.25, 0.3) is 0 Å². The van der Waals surface area contributed by atoms with Gasteiger partial charge in [-0.05, 0) is 37.2 Å². The quantitative estimate of drug-likeness (QED) is 0.690. The minimum Gasteiger partial charge on any atom is -0.326 e. The second kappa shape index (κ2) is 3.51. The van der Waals surface area contributed by atoms with Crippen molar-refractivity contribution in [3.63, 3.8) is 0 Å². The average molecular weight is 203 g/mol. The number of aromatic nitrogens is 1. The van der Waals surface area contributed by atoms with Crippen LogP contribution in [0.4, 0.5) is 0 Å². The Balaban J connectivity index is 2.05. The highest BCUT2D eigenvalue weighted by Crippen LogP contribution is 2.43. The molecule has 1 fully saturated rings. The maximum absolute atomic E-state index is 11.4. The Morgan fingerprint density at radius 2 is 2.00 bits per heavy atom. The highest BCUT2D eigenvalue weighted by Gasteiger charge is 2.31. The van der Waals surface area contributed by atoms with E-state index in [1.807, 2.05) is 6.07 Å². The Kier molecular flexibility index (Phi) is 2.15. The first-order valence-electron chi connectivity index (χ1n) is 6.07. The molecular formula is C13H17NO.